The third-order valence-electron chi connectivity index (χ3n) is 3.25. The highest BCUT2D eigenvalue weighted by Crippen LogP contribution is 2.22. The summed E-state index contributed by atoms with van der Waals surface area (Å²) < 4.78 is 0. The van der Waals surface area contributed by atoms with Gasteiger partial charge in [0.2, 0.25) is 5.91 Å². The molecule has 2 unspecified atom stereocenters. The topological polar surface area (TPSA) is 46.3 Å². The summed E-state index contributed by atoms with van der Waals surface area (Å²) in [4.78, 5) is 14.4. The van der Waals surface area contributed by atoms with Gasteiger partial charge in [-0.15, -0.1) is 0 Å². The lowest BCUT2D eigenvalue weighted by molar-refractivity contribution is -0.136. The summed E-state index contributed by atoms with van der Waals surface area (Å²) in [7, 11) is 0. The Morgan fingerprint density at radius 2 is 2.07 bits per heavy atom. The monoisotopic (exact) mass is 228 g/mol. The van der Waals surface area contributed by atoms with E-state index in [1.54, 1.807) is 0 Å². The number of likely N-dealkylation sites (tertiary alicyclic amines) is 1. The van der Waals surface area contributed by atoms with Crippen LogP contribution in [0.1, 0.15) is 33.6 Å². The number of nitrogens with zero attached hydrogens (tertiary/aromatic N) is 1. The fourth-order valence-electron chi connectivity index (χ4n) is 1.87. The molecule has 1 heterocycles. The van der Waals surface area contributed by atoms with Crippen molar-refractivity contribution >= 4 is 23.1 Å². The van der Waals surface area contributed by atoms with Crippen LogP contribution in [0.15, 0.2) is 0 Å². The van der Waals surface area contributed by atoms with E-state index in [1.165, 1.54) is 0 Å². The van der Waals surface area contributed by atoms with Crippen LogP contribution in [0.25, 0.3) is 0 Å². The molecule has 0 aliphatic carbocycles. The first-order valence-corrected chi connectivity index (χ1v) is 5.95. The first kappa shape index (κ1) is 12.4. The quantitative estimate of drug-likeness (QED) is 0.746. The number of nitrogens with two attached hydrogens (primary N) is 1. The molecule has 1 saturated heterocycles. The molecule has 0 saturated carbocycles. The van der Waals surface area contributed by atoms with Crippen molar-refractivity contribution in [3.05, 3.63) is 0 Å². The Labute approximate surface area is 97.0 Å². The van der Waals surface area contributed by atoms with Gasteiger partial charge in [-0.2, -0.15) is 0 Å². The minimum absolute atomic E-state index is 0.00583. The van der Waals surface area contributed by atoms with Crippen LogP contribution in [0.4, 0.5) is 0 Å². The van der Waals surface area contributed by atoms with Crippen molar-refractivity contribution in [1.82, 2.24) is 4.90 Å². The summed E-state index contributed by atoms with van der Waals surface area (Å²) >= 11 is 4.99. The molecule has 3 nitrogen and oxygen atoms in total. The number of thiocarbonyl (C=S) groups is 1. The van der Waals surface area contributed by atoms with Crippen molar-refractivity contribution in [3.8, 4) is 0 Å². The predicted molar refractivity (Wildman–Crippen MR) is 65.5 cm³/mol. The van der Waals surface area contributed by atoms with Crippen molar-refractivity contribution in [3.63, 3.8) is 0 Å². The Balaban J connectivity index is 2.70. The van der Waals surface area contributed by atoms with Crippen molar-refractivity contribution in [2.75, 3.05) is 6.54 Å². The van der Waals surface area contributed by atoms with Gasteiger partial charge in [0.25, 0.3) is 0 Å². The molecule has 0 spiro atoms. The largest absolute Gasteiger partial charge is 0.392 e. The van der Waals surface area contributed by atoms with Crippen molar-refractivity contribution in [2.24, 2.45) is 17.6 Å². The zero-order chi connectivity index (χ0) is 11.6. The number of carbonyl (C=O) groups is 1. The van der Waals surface area contributed by atoms with Crippen molar-refractivity contribution < 1.29 is 4.79 Å². The highest BCUT2D eigenvalue weighted by Gasteiger charge is 2.33. The van der Waals surface area contributed by atoms with E-state index in [-0.39, 0.29) is 17.9 Å². The molecular formula is C11H20N2OS. The zero-order valence-electron chi connectivity index (χ0n) is 9.69. The van der Waals surface area contributed by atoms with E-state index in [2.05, 4.69) is 13.8 Å². The Morgan fingerprint density at radius 3 is 2.53 bits per heavy atom. The summed E-state index contributed by atoms with van der Waals surface area (Å²) in [5, 5.41) is 0. The van der Waals surface area contributed by atoms with Gasteiger partial charge < -0.3 is 10.6 Å². The maximum Gasteiger partial charge on any atom is 0.226 e. The highest BCUT2D eigenvalue weighted by molar-refractivity contribution is 7.80. The molecular weight excluding hydrogens is 208 g/mol. The van der Waals surface area contributed by atoms with Crippen LogP contribution in [0, 0.1) is 11.8 Å². The smallest absolute Gasteiger partial charge is 0.226 e. The van der Waals surface area contributed by atoms with E-state index >= 15 is 0 Å². The molecule has 0 aromatic carbocycles. The average molecular weight is 228 g/mol. The van der Waals surface area contributed by atoms with Gasteiger partial charge in [0.15, 0.2) is 0 Å². The lowest BCUT2D eigenvalue weighted by Gasteiger charge is -2.28. The van der Waals surface area contributed by atoms with Gasteiger partial charge in [0, 0.05) is 12.5 Å². The van der Waals surface area contributed by atoms with Crippen LogP contribution in [-0.4, -0.2) is 28.4 Å². The lowest BCUT2D eigenvalue weighted by atomic mass is 9.96. The maximum atomic E-state index is 12.1. The van der Waals surface area contributed by atoms with Gasteiger partial charge >= 0.3 is 0 Å². The fraction of sp³-hybridized carbons (Fsp3) is 0.818. The number of hydrogen-bond donors (Lipinski definition) is 1. The van der Waals surface area contributed by atoms with E-state index < -0.39 is 0 Å². The normalized spacial score (nSPS) is 23.2. The minimum atomic E-state index is -0.00583. The predicted octanol–water partition coefficient (Wildman–Crippen LogP) is 1.56. The summed E-state index contributed by atoms with van der Waals surface area (Å²) in [5.41, 5.74) is 5.64. The first-order valence-electron chi connectivity index (χ1n) is 5.55. The molecule has 1 fully saturated rings. The number of amides is 1. The van der Waals surface area contributed by atoms with Gasteiger partial charge in [-0.1, -0.05) is 33.0 Å². The summed E-state index contributed by atoms with van der Waals surface area (Å²) in [6.45, 7) is 6.91. The highest BCUT2D eigenvalue weighted by atomic mass is 32.1. The summed E-state index contributed by atoms with van der Waals surface area (Å²) in [6.07, 6.45) is 1.93. The number of rotatable bonds is 3. The molecule has 15 heavy (non-hydrogen) atoms. The second-order valence-corrected chi connectivity index (χ2v) is 5.10. The van der Waals surface area contributed by atoms with Crippen molar-refractivity contribution in [1.29, 1.82) is 0 Å². The summed E-state index contributed by atoms with van der Waals surface area (Å²) in [6, 6.07) is -0.00583. The van der Waals surface area contributed by atoms with Gasteiger partial charge in [0.1, 0.15) is 0 Å². The van der Waals surface area contributed by atoms with Crippen LogP contribution in [0.2, 0.25) is 0 Å². The first-order chi connectivity index (χ1) is 6.95. The molecule has 2 N–H and O–H groups in total. The van der Waals surface area contributed by atoms with Gasteiger partial charge in [-0.05, 0) is 18.8 Å². The number of hydrogen-bond acceptors (Lipinski definition) is 2. The lowest BCUT2D eigenvalue weighted by Crippen LogP contribution is -2.45. The third kappa shape index (κ3) is 2.68. The molecule has 4 heteroatoms. The number of carbonyl (C=O) groups excluding carboxylic acids is 1. The van der Waals surface area contributed by atoms with E-state index in [4.69, 9.17) is 18.0 Å². The van der Waals surface area contributed by atoms with E-state index in [1.807, 2.05) is 11.8 Å². The van der Waals surface area contributed by atoms with Crippen LogP contribution < -0.4 is 5.73 Å². The van der Waals surface area contributed by atoms with E-state index in [0.717, 1.165) is 19.4 Å². The molecule has 0 aromatic rings. The van der Waals surface area contributed by atoms with E-state index in [0.29, 0.717) is 10.9 Å². The molecule has 1 aliphatic rings. The standard InChI is InChI=1S/C11H20N2OS/c1-7(2)8(3)11(14)13-6-4-5-9(13)10(12)15/h7-9H,4-6H2,1-3H3,(H2,12,15). The average Bonchev–Trinajstić information content (AvgIpc) is 2.63. The Morgan fingerprint density at radius 1 is 1.47 bits per heavy atom. The Bertz CT molecular complexity index is 265. The van der Waals surface area contributed by atoms with Crippen LogP contribution in [0.3, 0.4) is 0 Å². The second kappa shape index (κ2) is 4.92. The Kier molecular flexibility index (Phi) is 4.08. The van der Waals surface area contributed by atoms with E-state index in [9.17, 15) is 4.79 Å². The molecule has 1 aliphatic heterocycles. The van der Waals surface area contributed by atoms with Crippen LogP contribution in [0.5, 0.6) is 0 Å². The maximum absolute atomic E-state index is 12.1. The molecule has 0 bridgehead atoms. The third-order valence-corrected chi connectivity index (χ3v) is 3.53. The van der Waals surface area contributed by atoms with Gasteiger partial charge in [0.05, 0.1) is 11.0 Å². The van der Waals surface area contributed by atoms with Crippen LogP contribution in [-0.2, 0) is 4.79 Å². The fourth-order valence-corrected chi connectivity index (χ4v) is 2.12. The molecule has 0 radical (unpaired) electrons. The van der Waals surface area contributed by atoms with Crippen molar-refractivity contribution in [2.45, 2.75) is 39.7 Å². The zero-order valence-corrected chi connectivity index (χ0v) is 10.5. The Hall–Kier alpha value is -0.640. The molecule has 86 valence electrons. The SMILES string of the molecule is CC(C)C(C)C(=O)N1CCCC1C(N)=S. The molecule has 0 aromatic heterocycles. The molecule has 1 amide bonds. The molecule has 2 atom stereocenters. The second-order valence-electron chi connectivity index (χ2n) is 4.62. The van der Waals surface area contributed by atoms with Gasteiger partial charge in [-0.3, -0.25) is 4.79 Å². The van der Waals surface area contributed by atoms with Gasteiger partial charge in [-0.25, -0.2) is 0 Å². The summed E-state index contributed by atoms with van der Waals surface area (Å²) in [5.74, 6) is 0.616. The minimum Gasteiger partial charge on any atom is -0.392 e. The van der Waals surface area contributed by atoms with Crippen LogP contribution >= 0.6 is 12.2 Å². The molecule has 1 rings (SSSR count).